The summed E-state index contributed by atoms with van der Waals surface area (Å²) in [6.07, 6.45) is 2.30. The third-order valence-corrected chi connectivity index (χ3v) is 5.87. The molecule has 0 radical (unpaired) electrons. The van der Waals surface area contributed by atoms with Crippen molar-refractivity contribution in [3.8, 4) is 0 Å². The van der Waals surface area contributed by atoms with Crippen LogP contribution in [0, 0.1) is 19.8 Å². The molecule has 0 heterocycles. The van der Waals surface area contributed by atoms with Crippen LogP contribution in [-0.2, 0) is 16.6 Å². The molecule has 1 aliphatic rings. The summed E-state index contributed by atoms with van der Waals surface area (Å²) in [5.41, 5.74) is 2.99. The molecule has 1 aromatic rings. The van der Waals surface area contributed by atoms with E-state index in [1.165, 1.54) is 4.31 Å². The van der Waals surface area contributed by atoms with Crippen molar-refractivity contribution in [3.63, 3.8) is 0 Å². The van der Waals surface area contributed by atoms with Crippen LogP contribution in [0.25, 0.3) is 0 Å². The van der Waals surface area contributed by atoms with Crippen LogP contribution in [0.3, 0.4) is 0 Å². The smallest absolute Gasteiger partial charge is 0.243 e. The fourth-order valence-electron chi connectivity index (χ4n) is 2.46. The summed E-state index contributed by atoms with van der Waals surface area (Å²) >= 11 is 0. The van der Waals surface area contributed by atoms with Gasteiger partial charge in [0, 0.05) is 20.1 Å². The highest BCUT2D eigenvalue weighted by molar-refractivity contribution is 7.89. The highest BCUT2D eigenvalue weighted by Gasteiger charge is 2.30. The van der Waals surface area contributed by atoms with E-state index in [1.54, 1.807) is 7.05 Å². The molecule has 1 fully saturated rings. The topological polar surface area (TPSA) is 49.4 Å². The van der Waals surface area contributed by atoms with E-state index in [9.17, 15) is 8.42 Å². The number of aryl methyl sites for hydroxylation is 2. The van der Waals surface area contributed by atoms with Crippen molar-refractivity contribution in [2.24, 2.45) is 5.92 Å². The van der Waals surface area contributed by atoms with Gasteiger partial charge in [0.05, 0.1) is 4.90 Å². The lowest BCUT2D eigenvalue weighted by Gasteiger charge is -2.20. The lowest BCUT2D eigenvalue weighted by Crippen LogP contribution is -2.29. The Morgan fingerprint density at radius 3 is 2.45 bits per heavy atom. The lowest BCUT2D eigenvalue weighted by molar-refractivity contribution is 0.452. The Hall–Kier alpha value is -0.910. The van der Waals surface area contributed by atoms with Gasteiger partial charge >= 0.3 is 0 Å². The minimum atomic E-state index is -3.38. The van der Waals surface area contributed by atoms with E-state index in [2.05, 4.69) is 5.32 Å². The van der Waals surface area contributed by atoms with Crippen LogP contribution in [-0.4, -0.2) is 33.4 Å². The summed E-state index contributed by atoms with van der Waals surface area (Å²) in [5.74, 6) is 0.553. The first-order chi connectivity index (χ1) is 9.36. The molecule has 1 aromatic carbocycles. The second-order valence-electron chi connectivity index (χ2n) is 5.80. The Morgan fingerprint density at radius 2 is 1.90 bits per heavy atom. The van der Waals surface area contributed by atoms with Gasteiger partial charge in [-0.1, -0.05) is 6.07 Å². The average molecular weight is 296 g/mol. The van der Waals surface area contributed by atoms with Gasteiger partial charge < -0.3 is 5.32 Å². The molecule has 1 N–H and O–H groups in total. The van der Waals surface area contributed by atoms with Gasteiger partial charge in [0.15, 0.2) is 0 Å². The predicted molar refractivity (Wildman–Crippen MR) is 81.2 cm³/mol. The fourth-order valence-corrected chi connectivity index (χ4v) is 3.96. The quantitative estimate of drug-likeness (QED) is 0.874. The monoisotopic (exact) mass is 296 g/mol. The van der Waals surface area contributed by atoms with Gasteiger partial charge in [0.2, 0.25) is 10.0 Å². The number of hydrogen-bond acceptors (Lipinski definition) is 3. The molecule has 0 unspecified atom stereocenters. The van der Waals surface area contributed by atoms with Gasteiger partial charge in [-0.2, -0.15) is 0 Å². The highest BCUT2D eigenvalue weighted by Crippen LogP contribution is 2.31. The molecule has 0 spiro atoms. The molecular weight excluding hydrogens is 272 g/mol. The van der Waals surface area contributed by atoms with E-state index in [4.69, 9.17) is 0 Å². The van der Waals surface area contributed by atoms with Gasteiger partial charge in [-0.3, -0.25) is 0 Å². The summed E-state index contributed by atoms with van der Waals surface area (Å²) < 4.78 is 26.9. The molecule has 2 rings (SSSR count). The zero-order valence-corrected chi connectivity index (χ0v) is 13.5. The Balaban J connectivity index is 2.36. The first-order valence-electron chi connectivity index (χ1n) is 7.07. The van der Waals surface area contributed by atoms with E-state index in [-0.39, 0.29) is 0 Å². The lowest BCUT2D eigenvalue weighted by atomic mass is 10.1. The van der Waals surface area contributed by atoms with Crippen LogP contribution in [0.4, 0.5) is 0 Å². The first kappa shape index (κ1) is 15.5. The minimum absolute atomic E-state index is 0.441. The van der Waals surface area contributed by atoms with Gasteiger partial charge in [-0.05, 0) is 62.4 Å². The standard InChI is InChI=1S/C15H24N2O2S/c1-11-7-12(2)15(8-14(11)9-16-3)20(18,19)17(4)10-13-5-6-13/h7-8,13,16H,5-6,9-10H2,1-4H3. The molecule has 0 saturated heterocycles. The summed E-state index contributed by atoms with van der Waals surface area (Å²) in [6.45, 7) is 5.20. The normalized spacial score (nSPS) is 15.8. The van der Waals surface area contributed by atoms with E-state index < -0.39 is 10.0 Å². The van der Waals surface area contributed by atoms with Crippen molar-refractivity contribution >= 4 is 10.0 Å². The zero-order chi connectivity index (χ0) is 14.9. The molecule has 0 aromatic heterocycles. The molecule has 20 heavy (non-hydrogen) atoms. The molecule has 0 amide bonds. The van der Waals surface area contributed by atoms with Crippen molar-refractivity contribution in [2.45, 2.75) is 38.1 Å². The maximum Gasteiger partial charge on any atom is 0.243 e. The molecule has 4 nitrogen and oxygen atoms in total. The third kappa shape index (κ3) is 3.22. The fraction of sp³-hybridized carbons (Fsp3) is 0.600. The second-order valence-corrected chi connectivity index (χ2v) is 7.82. The SMILES string of the molecule is CNCc1cc(S(=O)(=O)N(C)CC2CC2)c(C)cc1C. The maximum absolute atomic E-state index is 12.7. The van der Waals surface area contributed by atoms with Crippen molar-refractivity contribution in [2.75, 3.05) is 20.6 Å². The number of nitrogens with zero attached hydrogens (tertiary/aromatic N) is 1. The van der Waals surface area contributed by atoms with Crippen LogP contribution >= 0.6 is 0 Å². The molecule has 5 heteroatoms. The third-order valence-electron chi connectivity index (χ3n) is 3.90. The highest BCUT2D eigenvalue weighted by atomic mass is 32.2. The summed E-state index contributed by atoms with van der Waals surface area (Å²) in [5, 5.41) is 3.09. The van der Waals surface area contributed by atoms with E-state index in [1.807, 2.05) is 33.0 Å². The van der Waals surface area contributed by atoms with Gasteiger partial charge in [0.25, 0.3) is 0 Å². The van der Waals surface area contributed by atoms with E-state index >= 15 is 0 Å². The molecule has 0 aliphatic heterocycles. The Morgan fingerprint density at radius 1 is 1.25 bits per heavy atom. The number of nitrogens with one attached hydrogen (secondary N) is 1. The van der Waals surface area contributed by atoms with Crippen molar-refractivity contribution in [1.29, 1.82) is 0 Å². The molecular formula is C15H24N2O2S. The number of hydrogen-bond donors (Lipinski definition) is 1. The average Bonchev–Trinajstić information content (AvgIpc) is 3.16. The van der Waals surface area contributed by atoms with Crippen LogP contribution in [0.15, 0.2) is 17.0 Å². The number of sulfonamides is 1. The van der Waals surface area contributed by atoms with E-state index in [0.29, 0.717) is 23.9 Å². The molecule has 0 bridgehead atoms. The Kier molecular flexibility index (Phi) is 4.52. The Labute approximate surface area is 122 Å². The van der Waals surface area contributed by atoms with Crippen LogP contribution in [0.5, 0.6) is 0 Å². The van der Waals surface area contributed by atoms with Crippen molar-refractivity contribution < 1.29 is 8.42 Å². The zero-order valence-electron chi connectivity index (χ0n) is 12.7. The van der Waals surface area contributed by atoms with Crippen molar-refractivity contribution in [1.82, 2.24) is 9.62 Å². The predicted octanol–water partition coefficient (Wildman–Crippen LogP) is 2.05. The van der Waals surface area contributed by atoms with Gasteiger partial charge in [-0.25, -0.2) is 12.7 Å². The molecule has 112 valence electrons. The second kappa shape index (κ2) is 5.84. The van der Waals surface area contributed by atoms with E-state index in [0.717, 1.165) is 29.5 Å². The maximum atomic E-state index is 12.7. The largest absolute Gasteiger partial charge is 0.316 e. The number of benzene rings is 1. The van der Waals surface area contributed by atoms with Crippen molar-refractivity contribution in [3.05, 3.63) is 28.8 Å². The first-order valence-corrected chi connectivity index (χ1v) is 8.51. The van der Waals surface area contributed by atoms with Gasteiger partial charge in [0.1, 0.15) is 0 Å². The summed E-state index contributed by atoms with van der Waals surface area (Å²) in [7, 11) is 0.176. The number of rotatable bonds is 6. The molecule has 1 aliphatic carbocycles. The summed E-state index contributed by atoms with van der Waals surface area (Å²) in [6, 6.07) is 3.78. The molecule has 0 atom stereocenters. The van der Waals surface area contributed by atoms with Crippen LogP contribution in [0.2, 0.25) is 0 Å². The Bertz CT molecular complexity index is 592. The van der Waals surface area contributed by atoms with Gasteiger partial charge in [-0.15, -0.1) is 0 Å². The van der Waals surface area contributed by atoms with Crippen LogP contribution in [0.1, 0.15) is 29.5 Å². The van der Waals surface area contributed by atoms with Crippen LogP contribution < -0.4 is 5.32 Å². The molecule has 1 saturated carbocycles. The summed E-state index contributed by atoms with van der Waals surface area (Å²) in [4.78, 5) is 0.441. The minimum Gasteiger partial charge on any atom is -0.316 e.